The third kappa shape index (κ3) is 4.90. The van der Waals surface area contributed by atoms with Gasteiger partial charge in [-0.1, -0.05) is 6.07 Å². The SMILES string of the molecule is C[C@](O)(CNC(=O)c1cc(OC2CC2)c2ncccc2c1)c1cc2c(c(-c3ccc(F)cc3)n1)OC[C@]2(CO)C(N)=O. The highest BCUT2D eigenvalue weighted by Gasteiger charge is 2.48. The molecule has 4 aromatic rings. The minimum absolute atomic E-state index is 0.0888. The summed E-state index contributed by atoms with van der Waals surface area (Å²) in [5, 5.41) is 25.3. The molecular weight excluding hydrogens is 543 g/mol. The van der Waals surface area contributed by atoms with Crippen LogP contribution in [0.5, 0.6) is 11.5 Å². The van der Waals surface area contributed by atoms with Crippen LogP contribution in [0, 0.1) is 5.82 Å². The quantitative estimate of drug-likeness (QED) is 0.239. The van der Waals surface area contributed by atoms with Crippen molar-refractivity contribution in [2.24, 2.45) is 5.73 Å². The summed E-state index contributed by atoms with van der Waals surface area (Å²) in [4.78, 5) is 34.8. The molecule has 1 saturated carbocycles. The van der Waals surface area contributed by atoms with Crippen molar-refractivity contribution < 1.29 is 33.7 Å². The molecule has 42 heavy (non-hydrogen) atoms. The number of fused-ring (bicyclic) bond motifs is 2. The lowest BCUT2D eigenvalue weighted by Crippen LogP contribution is -2.46. The predicted molar refractivity (Wildman–Crippen MR) is 150 cm³/mol. The molecule has 2 atom stereocenters. The van der Waals surface area contributed by atoms with Gasteiger partial charge in [0.2, 0.25) is 5.91 Å². The molecule has 6 rings (SSSR count). The summed E-state index contributed by atoms with van der Waals surface area (Å²) in [6.07, 6.45) is 3.66. The van der Waals surface area contributed by atoms with Crippen LogP contribution in [0.15, 0.2) is 60.8 Å². The average Bonchev–Trinajstić information content (AvgIpc) is 3.72. The molecule has 10 nitrogen and oxygen atoms in total. The van der Waals surface area contributed by atoms with E-state index in [4.69, 9.17) is 15.2 Å². The number of carbonyl (C=O) groups is 2. The number of aliphatic hydroxyl groups is 2. The van der Waals surface area contributed by atoms with Gasteiger partial charge in [-0.05, 0) is 68.3 Å². The molecule has 216 valence electrons. The number of halogens is 1. The summed E-state index contributed by atoms with van der Waals surface area (Å²) in [5.41, 5.74) is 4.39. The van der Waals surface area contributed by atoms with Crippen molar-refractivity contribution in [1.82, 2.24) is 15.3 Å². The van der Waals surface area contributed by atoms with Crippen molar-refractivity contribution >= 4 is 22.7 Å². The molecule has 2 aliphatic rings. The highest BCUT2D eigenvalue weighted by atomic mass is 19.1. The first kappa shape index (κ1) is 27.6. The fourth-order valence-corrected chi connectivity index (χ4v) is 4.99. The van der Waals surface area contributed by atoms with Gasteiger partial charge in [0.05, 0.1) is 24.9 Å². The van der Waals surface area contributed by atoms with Gasteiger partial charge in [-0.3, -0.25) is 14.6 Å². The Kier molecular flexibility index (Phi) is 6.78. The van der Waals surface area contributed by atoms with Crippen molar-refractivity contribution in [1.29, 1.82) is 0 Å². The number of aromatic nitrogens is 2. The lowest BCUT2D eigenvalue weighted by molar-refractivity contribution is -0.125. The molecule has 2 aromatic carbocycles. The monoisotopic (exact) mass is 572 g/mol. The van der Waals surface area contributed by atoms with Gasteiger partial charge in [-0.15, -0.1) is 0 Å². The molecule has 1 fully saturated rings. The second-order valence-corrected chi connectivity index (χ2v) is 11.0. The molecule has 3 heterocycles. The van der Waals surface area contributed by atoms with Gasteiger partial charge < -0.3 is 30.7 Å². The Morgan fingerprint density at radius 2 is 1.98 bits per heavy atom. The second-order valence-electron chi connectivity index (χ2n) is 11.0. The Bertz CT molecular complexity index is 1710. The van der Waals surface area contributed by atoms with E-state index in [1.165, 1.54) is 37.3 Å². The number of carbonyl (C=O) groups excluding carboxylic acids is 2. The smallest absolute Gasteiger partial charge is 0.251 e. The molecule has 11 heteroatoms. The zero-order valence-electron chi connectivity index (χ0n) is 22.8. The number of aliphatic hydroxyl groups excluding tert-OH is 1. The number of pyridine rings is 2. The minimum Gasteiger partial charge on any atom is -0.489 e. The van der Waals surface area contributed by atoms with E-state index in [1.807, 2.05) is 6.07 Å². The lowest BCUT2D eigenvalue weighted by atomic mass is 9.81. The third-order valence-electron chi connectivity index (χ3n) is 7.71. The summed E-state index contributed by atoms with van der Waals surface area (Å²) in [7, 11) is 0. The Morgan fingerprint density at radius 3 is 2.67 bits per heavy atom. The van der Waals surface area contributed by atoms with Crippen LogP contribution < -0.4 is 20.5 Å². The van der Waals surface area contributed by atoms with Crippen LogP contribution in [0.3, 0.4) is 0 Å². The van der Waals surface area contributed by atoms with Gasteiger partial charge in [-0.25, -0.2) is 9.37 Å². The Hall–Kier alpha value is -4.61. The lowest BCUT2D eigenvalue weighted by Gasteiger charge is -2.27. The van der Waals surface area contributed by atoms with Crippen molar-refractivity contribution in [3.05, 3.63) is 83.4 Å². The average molecular weight is 573 g/mol. The number of ether oxygens (including phenoxy) is 2. The van der Waals surface area contributed by atoms with E-state index in [9.17, 15) is 24.2 Å². The van der Waals surface area contributed by atoms with Crippen molar-refractivity contribution in [3.63, 3.8) is 0 Å². The molecule has 0 spiro atoms. The standard InChI is InChI=1S/C31H29FN4O6/c1-30(40,14-35-28(38)19-11-18-3-2-10-34-25(18)23(12-19)42-21-8-9-21)24-13-22-27(41-16-31(22,15-37)29(33)39)26(36-24)17-4-6-20(32)7-5-17/h2-7,10-13,21,37,40H,8-9,14-16H2,1H3,(H2,33,39)(H,35,38)/t30-,31-/m0/s1. The molecule has 2 aromatic heterocycles. The predicted octanol–water partition coefficient (Wildman–Crippen LogP) is 2.72. The molecule has 5 N–H and O–H groups in total. The summed E-state index contributed by atoms with van der Waals surface area (Å²) in [5.74, 6) is -1.01. The number of primary amides is 1. The van der Waals surface area contributed by atoms with Crippen molar-refractivity contribution in [2.45, 2.75) is 36.9 Å². The van der Waals surface area contributed by atoms with Gasteiger partial charge in [0, 0.05) is 28.3 Å². The van der Waals surface area contributed by atoms with Crippen molar-refractivity contribution in [2.75, 3.05) is 19.8 Å². The van der Waals surface area contributed by atoms with Gasteiger partial charge in [0.15, 0.2) is 0 Å². The third-order valence-corrected chi connectivity index (χ3v) is 7.71. The normalized spacial score (nSPS) is 19.0. The highest BCUT2D eigenvalue weighted by Crippen LogP contribution is 2.45. The maximum atomic E-state index is 13.7. The summed E-state index contributed by atoms with van der Waals surface area (Å²) in [6.45, 7) is 0.341. The van der Waals surface area contributed by atoms with Gasteiger partial charge >= 0.3 is 0 Å². The summed E-state index contributed by atoms with van der Waals surface area (Å²) < 4.78 is 25.5. The molecule has 0 bridgehead atoms. The number of nitrogens with one attached hydrogen (secondary N) is 1. The van der Waals surface area contributed by atoms with Gasteiger partial charge in [-0.2, -0.15) is 0 Å². The maximum absolute atomic E-state index is 13.7. The zero-order valence-corrected chi connectivity index (χ0v) is 22.8. The number of hydrogen-bond acceptors (Lipinski definition) is 8. The first-order valence-electron chi connectivity index (χ1n) is 13.5. The van der Waals surface area contributed by atoms with E-state index in [-0.39, 0.29) is 42.0 Å². The van der Waals surface area contributed by atoms with Gasteiger partial charge in [0.1, 0.15) is 46.1 Å². The minimum atomic E-state index is -1.74. The van der Waals surface area contributed by atoms with Crippen LogP contribution in [0.25, 0.3) is 22.2 Å². The maximum Gasteiger partial charge on any atom is 0.251 e. The number of nitrogens with two attached hydrogens (primary N) is 1. The number of rotatable bonds is 9. The Balaban J connectivity index is 1.33. The van der Waals surface area contributed by atoms with E-state index < -0.39 is 35.3 Å². The molecule has 0 unspecified atom stereocenters. The number of amides is 2. The zero-order chi connectivity index (χ0) is 29.6. The van der Waals surface area contributed by atoms with Crippen LogP contribution in [0.2, 0.25) is 0 Å². The van der Waals surface area contributed by atoms with Crippen LogP contribution in [-0.2, 0) is 15.8 Å². The fourth-order valence-electron chi connectivity index (χ4n) is 4.99. The molecule has 0 saturated heterocycles. The van der Waals surface area contributed by atoms with E-state index in [0.717, 1.165) is 18.2 Å². The molecule has 0 radical (unpaired) electrons. The first-order chi connectivity index (χ1) is 20.1. The first-order valence-corrected chi connectivity index (χ1v) is 13.5. The van der Waals surface area contributed by atoms with Crippen LogP contribution in [0.1, 0.15) is 41.4 Å². The Labute approximate surface area is 240 Å². The number of benzene rings is 2. The van der Waals surface area contributed by atoms with E-state index in [2.05, 4.69) is 15.3 Å². The second kappa shape index (κ2) is 10.3. The number of hydrogen-bond donors (Lipinski definition) is 4. The Morgan fingerprint density at radius 1 is 1.21 bits per heavy atom. The largest absolute Gasteiger partial charge is 0.489 e. The summed E-state index contributed by atoms with van der Waals surface area (Å²) in [6, 6.07) is 13.9. The molecule has 2 amide bonds. The van der Waals surface area contributed by atoms with E-state index in [0.29, 0.717) is 22.4 Å². The fraction of sp³-hybridized carbons (Fsp3) is 0.290. The van der Waals surface area contributed by atoms with Gasteiger partial charge in [0.25, 0.3) is 5.91 Å². The highest BCUT2D eigenvalue weighted by molar-refractivity contribution is 6.00. The topological polar surface area (TPSA) is 157 Å². The van der Waals surface area contributed by atoms with Crippen LogP contribution in [0.4, 0.5) is 4.39 Å². The van der Waals surface area contributed by atoms with Crippen molar-refractivity contribution in [3.8, 4) is 22.8 Å². The van der Waals surface area contributed by atoms with E-state index in [1.54, 1.807) is 24.4 Å². The molecule has 1 aliphatic carbocycles. The number of nitrogens with zero attached hydrogens (tertiary/aromatic N) is 2. The van der Waals surface area contributed by atoms with Crippen LogP contribution in [-0.4, -0.2) is 57.9 Å². The van der Waals surface area contributed by atoms with Crippen LogP contribution >= 0.6 is 0 Å². The molecular formula is C31H29FN4O6. The summed E-state index contributed by atoms with van der Waals surface area (Å²) >= 11 is 0. The van der Waals surface area contributed by atoms with E-state index >= 15 is 0 Å². The molecule has 1 aliphatic heterocycles.